The fraction of sp³-hybridized carbons (Fsp3) is 0. The van der Waals surface area contributed by atoms with Crippen molar-refractivity contribution in [2.45, 2.75) is 4.90 Å². The highest BCUT2D eigenvalue weighted by molar-refractivity contribution is 7.98. The molecule has 0 saturated carbocycles. The lowest BCUT2D eigenvalue weighted by Crippen LogP contribution is -2.05. The molecule has 1 aromatic rings. The van der Waals surface area contributed by atoms with E-state index in [1.165, 1.54) is 6.07 Å². The SMILES string of the molecule is O=C(Cl)NSc1ccc([N+](=O)[O-])c(F)c1. The van der Waals surface area contributed by atoms with E-state index >= 15 is 0 Å². The third kappa shape index (κ3) is 3.37. The Morgan fingerprint density at radius 3 is 2.73 bits per heavy atom. The van der Waals surface area contributed by atoms with Crippen molar-refractivity contribution in [3.63, 3.8) is 0 Å². The second-order valence-electron chi connectivity index (χ2n) is 2.35. The maximum atomic E-state index is 13.0. The lowest BCUT2D eigenvalue weighted by atomic mass is 10.3. The third-order valence-corrected chi connectivity index (χ3v) is 2.35. The summed E-state index contributed by atoms with van der Waals surface area (Å²) in [6.45, 7) is 0. The van der Waals surface area contributed by atoms with E-state index in [1.807, 2.05) is 0 Å². The van der Waals surface area contributed by atoms with Crippen molar-refractivity contribution in [3.8, 4) is 0 Å². The highest BCUT2D eigenvalue weighted by atomic mass is 35.5. The molecule has 8 heteroatoms. The molecule has 0 aromatic heterocycles. The van der Waals surface area contributed by atoms with Crippen LogP contribution in [0.1, 0.15) is 0 Å². The molecular weight excluding hydrogens is 247 g/mol. The number of carbonyl (C=O) groups is 1. The minimum absolute atomic E-state index is 0.312. The number of hydrogen-bond donors (Lipinski definition) is 1. The molecule has 0 unspecified atom stereocenters. The van der Waals surface area contributed by atoms with Crippen molar-refractivity contribution in [2.75, 3.05) is 0 Å². The molecule has 1 amide bonds. The number of nitro groups is 1. The molecule has 0 radical (unpaired) electrons. The first-order chi connectivity index (χ1) is 7.00. The normalized spacial score (nSPS) is 9.73. The Balaban J connectivity index is 2.82. The number of nitrogens with zero attached hydrogens (tertiary/aromatic N) is 1. The lowest BCUT2D eigenvalue weighted by Gasteiger charge is -2.00. The molecule has 5 nitrogen and oxygen atoms in total. The highest BCUT2D eigenvalue weighted by Gasteiger charge is 2.13. The predicted molar refractivity (Wildman–Crippen MR) is 53.3 cm³/mol. The van der Waals surface area contributed by atoms with Crippen LogP contribution in [0.3, 0.4) is 0 Å². The van der Waals surface area contributed by atoms with E-state index in [1.54, 1.807) is 0 Å². The summed E-state index contributed by atoms with van der Waals surface area (Å²) in [5, 5.41) is 9.46. The average Bonchev–Trinajstić information content (AvgIpc) is 2.14. The minimum Gasteiger partial charge on any atom is -0.282 e. The first-order valence-corrected chi connectivity index (χ1v) is 4.76. The van der Waals surface area contributed by atoms with Crippen LogP contribution in [0.25, 0.3) is 0 Å². The first-order valence-electron chi connectivity index (χ1n) is 3.57. The van der Waals surface area contributed by atoms with Crippen molar-refractivity contribution in [3.05, 3.63) is 34.1 Å². The van der Waals surface area contributed by atoms with Crippen LogP contribution >= 0.6 is 23.5 Å². The van der Waals surface area contributed by atoms with Gasteiger partial charge in [-0.25, -0.2) is 0 Å². The number of amides is 1. The van der Waals surface area contributed by atoms with Gasteiger partial charge in [-0.15, -0.1) is 0 Å². The van der Waals surface area contributed by atoms with Crippen LogP contribution in [0.4, 0.5) is 14.9 Å². The van der Waals surface area contributed by atoms with Crippen LogP contribution in [-0.4, -0.2) is 10.3 Å². The van der Waals surface area contributed by atoms with Crippen molar-refractivity contribution < 1.29 is 14.1 Å². The van der Waals surface area contributed by atoms with E-state index in [0.29, 0.717) is 4.90 Å². The summed E-state index contributed by atoms with van der Waals surface area (Å²) in [6, 6.07) is 3.26. The Kier molecular flexibility index (Phi) is 3.87. The number of rotatable bonds is 3. The average molecular weight is 251 g/mol. The van der Waals surface area contributed by atoms with Gasteiger partial charge in [-0.05, 0) is 35.7 Å². The molecule has 15 heavy (non-hydrogen) atoms. The fourth-order valence-corrected chi connectivity index (χ4v) is 1.41. The van der Waals surface area contributed by atoms with Gasteiger partial charge in [0.25, 0.3) is 0 Å². The molecule has 0 aliphatic heterocycles. The van der Waals surface area contributed by atoms with Gasteiger partial charge in [-0.2, -0.15) is 4.39 Å². The van der Waals surface area contributed by atoms with Gasteiger partial charge in [0.15, 0.2) is 0 Å². The zero-order chi connectivity index (χ0) is 11.4. The van der Waals surface area contributed by atoms with E-state index in [4.69, 9.17) is 11.6 Å². The first kappa shape index (κ1) is 11.7. The van der Waals surface area contributed by atoms with Gasteiger partial charge in [0.2, 0.25) is 5.82 Å². The molecule has 0 bridgehead atoms. The molecule has 0 aliphatic rings. The summed E-state index contributed by atoms with van der Waals surface area (Å²) >= 11 is 5.75. The van der Waals surface area contributed by atoms with Gasteiger partial charge < -0.3 is 0 Å². The highest BCUT2D eigenvalue weighted by Crippen LogP contribution is 2.23. The molecule has 1 aromatic carbocycles. The van der Waals surface area contributed by atoms with Gasteiger partial charge >= 0.3 is 11.1 Å². The maximum Gasteiger partial charge on any atom is 0.323 e. The Bertz CT molecular complexity index is 415. The summed E-state index contributed by atoms with van der Waals surface area (Å²) in [7, 11) is 0. The molecular formula is C7H4ClFN2O3S. The van der Waals surface area contributed by atoms with E-state index in [9.17, 15) is 19.3 Å². The summed E-state index contributed by atoms with van der Waals surface area (Å²) in [5.74, 6) is -0.964. The summed E-state index contributed by atoms with van der Waals surface area (Å²) in [6.07, 6.45) is 0. The van der Waals surface area contributed by atoms with Crippen LogP contribution in [-0.2, 0) is 0 Å². The number of nitrogens with one attached hydrogen (secondary N) is 1. The summed E-state index contributed by atoms with van der Waals surface area (Å²) < 4.78 is 15.2. The van der Waals surface area contributed by atoms with Crippen LogP contribution in [0.5, 0.6) is 0 Å². The summed E-state index contributed by atoms with van der Waals surface area (Å²) in [4.78, 5) is 20.1. The van der Waals surface area contributed by atoms with Gasteiger partial charge in [-0.3, -0.25) is 19.6 Å². The Hall–Kier alpha value is -1.34. The number of carbonyl (C=O) groups excluding carboxylic acids is 1. The topological polar surface area (TPSA) is 72.2 Å². The quantitative estimate of drug-likeness (QED) is 0.294. The van der Waals surface area contributed by atoms with Gasteiger partial charge in [0.05, 0.1) is 4.92 Å². The minimum atomic E-state index is -0.964. The number of halogens is 2. The monoisotopic (exact) mass is 250 g/mol. The van der Waals surface area contributed by atoms with Crippen LogP contribution < -0.4 is 4.72 Å². The second kappa shape index (κ2) is 4.94. The predicted octanol–water partition coefficient (Wildman–Crippen LogP) is 2.69. The van der Waals surface area contributed by atoms with E-state index in [-0.39, 0.29) is 0 Å². The Labute approximate surface area is 92.9 Å². The number of nitro benzene ring substituents is 1. The van der Waals surface area contributed by atoms with E-state index in [0.717, 1.165) is 24.1 Å². The zero-order valence-electron chi connectivity index (χ0n) is 7.07. The fourth-order valence-electron chi connectivity index (χ4n) is 0.798. The Morgan fingerprint density at radius 2 is 2.27 bits per heavy atom. The van der Waals surface area contributed by atoms with Crippen LogP contribution in [0.15, 0.2) is 23.1 Å². The molecule has 0 fully saturated rings. The number of hydrogen-bond acceptors (Lipinski definition) is 4. The molecule has 80 valence electrons. The standard InChI is InChI=1S/C7H4ClFN2O3S/c8-7(12)10-15-4-1-2-6(11(13)14)5(9)3-4/h1-3H,(H,10,12). The smallest absolute Gasteiger partial charge is 0.282 e. The van der Waals surface area contributed by atoms with Crippen LogP contribution in [0.2, 0.25) is 0 Å². The molecule has 1 N–H and O–H groups in total. The summed E-state index contributed by atoms with van der Waals surface area (Å²) in [5.41, 5.74) is -0.614. The van der Waals surface area contributed by atoms with E-state index < -0.39 is 21.8 Å². The maximum absolute atomic E-state index is 13.0. The molecule has 0 atom stereocenters. The molecule has 0 heterocycles. The third-order valence-electron chi connectivity index (χ3n) is 1.36. The van der Waals surface area contributed by atoms with Crippen molar-refractivity contribution in [1.82, 2.24) is 4.72 Å². The van der Waals surface area contributed by atoms with Gasteiger partial charge in [0.1, 0.15) is 0 Å². The Morgan fingerprint density at radius 1 is 1.60 bits per heavy atom. The molecule has 0 saturated heterocycles. The second-order valence-corrected chi connectivity index (χ2v) is 3.57. The molecule has 0 aliphatic carbocycles. The molecule has 0 spiro atoms. The van der Waals surface area contributed by atoms with E-state index in [2.05, 4.69) is 4.72 Å². The lowest BCUT2D eigenvalue weighted by molar-refractivity contribution is -0.387. The molecule has 1 rings (SSSR count). The van der Waals surface area contributed by atoms with Crippen LogP contribution in [0, 0.1) is 15.9 Å². The largest absolute Gasteiger partial charge is 0.323 e. The van der Waals surface area contributed by atoms with Gasteiger partial charge in [0, 0.05) is 11.0 Å². The number of benzene rings is 1. The van der Waals surface area contributed by atoms with Gasteiger partial charge in [-0.1, -0.05) is 0 Å². The van der Waals surface area contributed by atoms with Crippen molar-refractivity contribution in [2.24, 2.45) is 0 Å². The zero-order valence-corrected chi connectivity index (χ0v) is 8.64. The van der Waals surface area contributed by atoms with Crippen molar-refractivity contribution in [1.29, 1.82) is 0 Å². The van der Waals surface area contributed by atoms with Crippen molar-refractivity contribution >= 4 is 34.6 Å².